The minimum Gasteiger partial charge on any atom is -0.375 e. The Kier molecular flexibility index (Phi) is 5.82. The molecule has 0 aliphatic heterocycles. The Balaban J connectivity index is 2.26. The summed E-state index contributed by atoms with van der Waals surface area (Å²) in [7, 11) is 0. The van der Waals surface area contributed by atoms with Gasteiger partial charge in [0.2, 0.25) is 5.78 Å². The second-order valence-corrected chi connectivity index (χ2v) is 6.83. The zero-order chi connectivity index (χ0) is 18.0. The average molecular weight is 407 g/mol. The number of nitrogen functional groups attached to an aromatic ring is 1. The highest BCUT2D eigenvalue weighted by Gasteiger charge is 2.33. The number of nitrogens with one attached hydrogen (secondary N) is 1. The zero-order valence-electron chi connectivity index (χ0n) is 12.1. The van der Waals surface area contributed by atoms with Crippen molar-refractivity contribution in [2.24, 2.45) is 0 Å². The maximum atomic E-state index is 12.4. The van der Waals surface area contributed by atoms with Gasteiger partial charge in [0.15, 0.2) is 5.13 Å². The molecule has 0 fully saturated rings. The molecule has 0 spiro atoms. The number of Topliss-reactive ketones (excluding diaryl/α,β-unsaturated/α-hetero) is 2. The molecule has 126 valence electrons. The lowest BCUT2D eigenvalue weighted by Gasteiger charge is -2.12. The molecular formula is C14H10Cl3N3O3S. The van der Waals surface area contributed by atoms with Gasteiger partial charge in [-0.25, -0.2) is 4.98 Å². The Morgan fingerprint density at radius 1 is 1.17 bits per heavy atom. The first-order valence-electron chi connectivity index (χ1n) is 6.41. The molecule has 0 aliphatic rings. The van der Waals surface area contributed by atoms with Crippen molar-refractivity contribution in [1.82, 2.24) is 4.98 Å². The van der Waals surface area contributed by atoms with Gasteiger partial charge in [-0.1, -0.05) is 34.8 Å². The molecule has 3 N–H and O–H groups in total. The second-order valence-electron chi connectivity index (χ2n) is 4.72. The first-order chi connectivity index (χ1) is 11.2. The molecule has 0 radical (unpaired) electrons. The van der Waals surface area contributed by atoms with E-state index in [0.717, 1.165) is 11.3 Å². The summed E-state index contributed by atoms with van der Waals surface area (Å²) in [5.74, 6) is -3.86. The quantitative estimate of drug-likeness (QED) is 0.449. The van der Waals surface area contributed by atoms with Gasteiger partial charge in [0.1, 0.15) is 11.7 Å². The highest BCUT2D eigenvalue weighted by atomic mass is 35.5. The number of amides is 1. The number of anilines is 2. The monoisotopic (exact) mass is 405 g/mol. The lowest BCUT2D eigenvalue weighted by molar-refractivity contribution is -0.138. The maximum Gasteiger partial charge on any atom is 0.292 e. The number of nitrogens with zero attached hydrogens (tertiary/aromatic N) is 1. The summed E-state index contributed by atoms with van der Waals surface area (Å²) in [6, 6.07) is 2.64. The van der Waals surface area contributed by atoms with E-state index >= 15 is 0 Å². The lowest BCUT2D eigenvalue weighted by atomic mass is 9.96. The predicted molar refractivity (Wildman–Crippen MR) is 95.1 cm³/mol. The van der Waals surface area contributed by atoms with Crippen LogP contribution in [0.2, 0.25) is 15.1 Å². The van der Waals surface area contributed by atoms with Crippen LogP contribution >= 0.6 is 46.1 Å². The van der Waals surface area contributed by atoms with Crippen molar-refractivity contribution in [2.75, 3.05) is 11.1 Å². The number of ketones is 2. The van der Waals surface area contributed by atoms with Gasteiger partial charge < -0.3 is 11.1 Å². The number of benzene rings is 1. The number of carbonyl (C=O) groups excluding carboxylic acids is 3. The largest absolute Gasteiger partial charge is 0.375 e. The Bertz CT molecular complexity index is 838. The third kappa shape index (κ3) is 4.05. The molecule has 1 aromatic carbocycles. The summed E-state index contributed by atoms with van der Waals surface area (Å²) in [5.41, 5.74) is 5.74. The fourth-order valence-corrected chi connectivity index (χ4v) is 3.08. The van der Waals surface area contributed by atoms with Crippen LogP contribution < -0.4 is 11.1 Å². The molecular weight excluding hydrogens is 397 g/mol. The molecule has 24 heavy (non-hydrogen) atoms. The molecule has 1 unspecified atom stereocenters. The summed E-state index contributed by atoms with van der Waals surface area (Å²) in [5, 5.41) is 4.42. The van der Waals surface area contributed by atoms with Crippen molar-refractivity contribution < 1.29 is 14.4 Å². The van der Waals surface area contributed by atoms with Gasteiger partial charge in [0.05, 0.1) is 26.4 Å². The van der Waals surface area contributed by atoms with Crippen molar-refractivity contribution in [1.29, 1.82) is 0 Å². The highest BCUT2D eigenvalue weighted by molar-refractivity contribution is 7.13. The third-order valence-electron chi connectivity index (χ3n) is 2.99. The Labute approximate surface area is 155 Å². The number of rotatable bonds is 5. The van der Waals surface area contributed by atoms with Crippen LogP contribution in [0, 0.1) is 0 Å². The van der Waals surface area contributed by atoms with Gasteiger partial charge in [0.25, 0.3) is 5.91 Å². The van der Waals surface area contributed by atoms with E-state index in [9.17, 15) is 14.4 Å². The molecule has 0 bridgehead atoms. The fraction of sp³-hybridized carbons (Fsp3) is 0.143. The number of hydrogen-bond acceptors (Lipinski definition) is 6. The molecule has 2 aromatic rings. The molecule has 6 nitrogen and oxygen atoms in total. The van der Waals surface area contributed by atoms with Gasteiger partial charge in [-0.05, 0) is 19.1 Å². The summed E-state index contributed by atoms with van der Waals surface area (Å²) in [6.45, 7) is 1.19. The van der Waals surface area contributed by atoms with Crippen molar-refractivity contribution >= 4 is 74.4 Å². The molecule has 0 aliphatic carbocycles. The van der Waals surface area contributed by atoms with Gasteiger partial charge in [-0.15, -0.1) is 11.3 Å². The van der Waals surface area contributed by atoms with Crippen LogP contribution in [0.4, 0.5) is 10.8 Å². The molecule has 0 saturated carbocycles. The van der Waals surface area contributed by atoms with Crippen molar-refractivity contribution in [2.45, 2.75) is 12.8 Å². The Morgan fingerprint density at radius 3 is 2.33 bits per heavy atom. The summed E-state index contributed by atoms with van der Waals surface area (Å²) < 4.78 is 0. The summed E-state index contributed by atoms with van der Waals surface area (Å²) in [6.07, 6.45) is 0. The number of thiazole rings is 1. The van der Waals surface area contributed by atoms with E-state index in [2.05, 4.69) is 10.3 Å². The number of nitrogens with two attached hydrogens (primary N) is 1. The summed E-state index contributed by atoms with van der Waals surface area (Å²) in [4.78, 5) is 40.2. The standard InChI is InChI=1S/C14H10Cl3N3O3S/c1-5(21)11(10-4-24-14(18)20-10)12(22)13(23)19-9-3-7(16)6(15)2-8(9)17/h2-4,11H,1H3,(H2,18,20)(H,19,23). The van der Waals surface area contributed by atoms with Crippen molar-refractivity contribution in [3.05, 3.63) is 38.3 Å². The molecule has 1 amide bonds. The fourth-order valence-electron chi connectivity index (χ4n) is 1.89. The van der Waals surface area contributed by atoms with Crippen LogP contribution in [-0.2, 0) is 14.4 Å². The molecule has 1 atom stereocenters. The lowest BCUT2D eigenvalue weighted by Crippen LogP contribution is -2.32. The number of halogens is 3. The first-order valence-corrected chi connectivity index (χ1v) is 8.43. The molecule has 0 saturated heterocycles. The smallest absolute Gasteiger partial charge is 0.292 e. The molecule has 2 rings (SSSR count). The zero-order valence-corrected chi connectivity index (χ0v) is 15.2. The van der Waals surface area contributed by atoms with Gasteiger partial charge in [-0.3, -0.25) is 14.4 Å². The predicted octanol–water partition coefficient (Wildman–Crippen LogP) is 3.57. The van der Waals surface area contributed by atoms with Gasteiger partial charge in [-0.2, -0.15) is 0 Å². The van der Waals surface area contributed by atoms with E-state index in [4.69, 9.17) is 40.5 Å². The van der Waals surface area contributed by atoms with Crippen LogP contribution in [0.5, 0.6) is 0 Å². The molecule has 1 aromatic heterocycles. The van der Waals surface area contributed by atoms with Crippen LogP contribution in [0.15, 0.2) is 17.5 Å². The maximum absolute atomic E-state index is 12.4. The van der Waals surface area contributed by atoms with Crippen molar-refractivity contribution in [3.8, 4) is 0 Å². The minimum absolute atomic E-state index is 0.0998. The molecule has 1 heterocycles. The molecule has 10 heteroatoms. The van der Waals surface area contributed by atoms with E-state index in [1.54, 1.807) is 0 Å². The first kappa shape index (κ1) is 18.7. The minimum atomic E-state index is -1.33. The SMILES string of the molecule is CC(=O)C(C(=O)C(=O)Nc1cc(Cl)c(Cl)cc1Cl)c1csc(N)n1. The van der Waals surface area contributed by atoms with Gasteiger partial charge in [0, 0.05) is 5.38 Å². The second kappa shape index (κ2) is 7.48. The Hall–Kier alpha value is -1.67. The van der Waals surface area contributed by atoms with Gasteiger partial charge >= 0.3 is 0 Å². The van der Waals surface area contributed by atoms with E-state index in [1.165, 1.54) is 24.4 Å². The third-order valence-corrected chi connectivity index (χ3v) is 4.71. The number of hydrogen-bond donors (Lipinski definition) is 2. The van der Waals surface area contributed by atoms with E-state index in [0.29, 0.717) is 0 Å². The summed E-state index contributed by atoms with van der Waals surface area (Å²) >= 11 is 18.7. The number of aromatic nitrogens is 1. The van der Waals surface area contributed by atoms with Crippen LogP contribution in [-0.4, -0.2) is 22.5 Å². The van der Waals surface area contributed by atoms with Crippen molar-refractivity contribution in [3.63, 3.8) is 0 Å². The van der Waals surface area contributed by atoms with E-state index in [-0.39, 0.29) is 31.6 Å². The highest BCUT2D eigenvalue weighted by Crippen LogP contribution is 2.32. The van der Waals surface area contributed by atoms with Crippen LogP contribution in [0.1, 0.15) is 18.5 Å². The average Bonchev–Trinajstić information content (AvgIpc) is 2.90. The van der Waals surface area contributed by atoms with Crippen LogP contribution in [0.25, 0.3) is 0 Å². The number of carbonyl (C=O) groups is 3. The van der Waals surface area contributed by atoms with E-state index < -0.39 is 23.4 Å². The Morgan fingerprint density at radius 2 is 1.79 bits per heavy atom. The normalized spacial score (nSPS) is 11.8. The van der Waals surface area contributed by atoms with E-state index in [1.807, 2.05) is 0 Å². The van der Waals surface area contributed by atoms with Crippen LogP contribution in [0.3, 0.4) is 0 Å². The topological polar surface area (TPSA) is 102 Å².